The Hall–Kier alpha value is -2.89. The molecule has 448 valence electrons. The van der Waals surface area contributed by atoms with Crippen molar-refractivity contribution in [2.75, 3.05) is 13.2 Å². The van der Waals surface area contributed by atoms with Gasteiger partial charge in [-0.2, -0.15) is 0 Å². The second-order valence-electron chi connectivity index (χ2n) is 22.7. The summed E-state index contributed by atoms with van der Waals surface area (Å²) in [6.07, 6.45) is 83.9. The van der Waals surface area contributed by atoms with Crippen LogP contribution >= 0.6 is 0 Å². The van der Waals surface area contributed by atoms with Crippen molar-refractivity contribution >= 4 is 17.9 Å². The second kappa shape index (κ2) is 65.6. The van der Waals surface area contributed by atoms with Crippen molar-refractivity contribution in [3.05, 3.63) is 60.8 Å². The van der Waals surface area contributed by atoms with E-state index < -0.39 is 6.10 Å². The Labute approximate surface area is 479 Å². The minimum Gasteiger partial charge on any atom is -0.462 e. The molecule has 0 spiro atoms. The Morgan fingerprint density at radius 3 is 0.792 bits per heavy atom. The lowest BCUT2D eigenvalue weighted by atomic mass is 10.0. The Morgan fingerprint density at radius 1 is 0.260 bits per heavy atom. The fraction of sp³-hybridized carbons (Fsp3) is 0.817. The Morgan fingerprint density at radius 2 is 0.481 bits per heavy atom. The molecule has 0 aromatic carbocycles. The molecule has 0 N–H and O–H groups in total. The first-order valence-corrected chi connectivity index (χ1v) is 33.8. The van der Waals surface area contributed by atoms with Crippen LogP contribution in [0.5, 0.6) is 0 Å². The lowest BCUT2D eigenvalue weighted by Gasteiger charge is -2.18. The molecular weight excluding hydrogens is 949 g/mol. The summed E-state index contributed by atoms with van der Waals surface area (Å²) in [5.41, 5.74) is 0. The van der Waals surface area contributed by atoms with Crippen LogP contribution in [0, 0.1) is 0 Å². The van der Waals surface area contributed by atoms with Crippen molar-refractivity contribution in [1.29, 1.82) is 0 Å². The van der Waals surface area contributed by atoms with Gasteiger partial charge in [0, 0.05) is 19.3 Å². The number of ether oxygens (including phenoxy) is 3. The summed E-state index contributed by atoms with van der Waals surface area (Å²) in [6.45, 7) is 6.60. The molecular formula is C71H128O6. The fourth-order valence-corrected chi connectivity index (χ4v) is 9.84. The molecule has 0 fully saturated rings. The number of carbonyl (C=O) groups excluding carboxylic acids is 3. The minimum atomic E-state index is -0.779. The van der Waals surface area contributed by atoms with Gasteiger partial charge < -0.3 is 14.2 Å². The summed E-state index contributed by atoms with van der Waals surface area (Å²) in [5.74, 6) is -0.872. The Kier molecular flexibility index (Phi) is 63.2. The van der Waals surface area contributed by atoms with Crippen LogP contribution in [0.1, 0.15) is 355 Å². The van der Waals surface area contributed by atoms with Gasteiger partial charge in [-0.05, 0) is 103 Å². The number of rotatable bonds is 62. The molecule has 0 aliphatic carbocycles. The summed E-state index contributed by atoms with van der Waals surface area (Å²) in [5, 5.41) is 0. The van der Waals surface area contributed by atoms with Crippen molar-refractivity contribution in [2.45, 2.75) is 361 Å². The molecule has 0 radical (unpaired) electrons. The zero-order chi connectivity index (χ0) is 55.7. The normalized spacial score (nSPS) is 12.4. The van der Waals surface area contributed by atoms with E-state index in [0.717, 1.165) is 77.0 Å². The van der Waals surface area contributed by atoms with E-state index >= 15 is 0 Å². The lowest BCUT2D eigenvalue weighted by Crippen LogP contribution is -2.30. The lowest BCUT2D eigenvalue weighted by molar-refractivity contribution is -0.167. The highest BCUT2D eigenvalue weighted by Gasteiger charge is 2.19. The van der Waals surface area contributed by atoms with E-state index in [1.54, 1.807) is 0 Å². The van der Waals surface area contributed by atoms with Crippen LogP contribution < -0.4 is 0 Å². The molecule has 1 unspecified atom stereocenters. The number of hydrogen-bond acceptors (Lipinski definition) is 6. The SMILES string of the molecule is CCCC/C=C\CCCCCCCC(=O)OCC(COC(=O)CCCCCCCCCCCCCCCCCCC/C=C\C/C=C\CCCCCCC)OC(=O)CCCCCCCCCCC/C=C\C/C=C\CCCCC. The molecule has 0 bridgehead atoms. The molecule has 0 aromatic rings. The average molecular weight is 1080 g/mol. The molecule has 0 amide bonds. The van der Waals surface area contributed by atoms with Gasteiger partial charge in [-0.25, -0.2) is 0 Å². The molecule has 0 saturated carbocycles. The molecule has 1 atom stereocenters. The van der Waals surface area contributed by atoms with E-state index in [-0.39, 0.29) is 31.1 Å². The Balaban J connectivity index is 4.17. The van der Waals surface area contributed by atoms with Gasteiger partial charge in [-0.15, -0.1) is 0 Å². The van der Waals surface area contributed by atoms with E-state index in [0.29, 0.717) is 19.3 Å². The van der Waals surface area contributed by atoms with Crippen LogP contribution in [0.15, 0.2) is 60.8 Å². The van der Waals surface area contributed by atoms with E-state index in [2.05, 4.69) is 81.5 Å². The predicted octanol–water partition coefficient (Wildman–Crippen LogP) is 23.1. The summed E-state index contributed by atoms with van der Waals surface area (Å²) in [6, 6.07) is 0. The number of allylic oxidation sites excluding steroid dienone is 10. The summed E-state index contributed by atoms with van der Waals surface area (Å²) >= 11 is 0. The molecule has 0 aliphatic rings. The maximum Gasteiger partial charge on any atom is 0.306 e. The highest BCUT2D eigenvalue weighted by atomic mass is 16.6. The molecule has 77 heavy (non-hydrogen) atoms. The van der Waals surface area contributed by atoms with E-state index in [4.69, 9.17) is 14.2 Å². The van der Waals surface area contributed by atoms with Crippen molar-refractivity contribution in [3.8, 4) is 0 Å². The molecule has 0 heterocycles. The Bertz CT molecular complexity index is 1380. The number of hydrogen-bond donors (Lipinski definition) is 0. The maximum absolute atomic E-state index is 12.9. The first-order chi connectivity index (χ1) is 38.0. The van der Waals surface area contributed by atoms with Crippen LogP contribution in [0.3, 0.4) is 0 Å². The topological polar surface area (TPSA) is 78.9 Å². The van der Waals surface area contributed by atoms with Crippen LogP contribution in [0.2, 0.25) is 0 Å². The van der Waals surface area contributed by atoms with E-state index in [1.165, 1.54) is 238 Å². The van der Waals surface area contributed by atoms with Crippen molar-refractivity contribution in [3.63, 3.8) is 0 Å². The van der Waals surface area contributed by atoms with Gasteiger partial charge in [0.1, 0.15) is 13.2 Å². The van der Waals surface area contributed by atoms with Gasteiger partial charge in [-0.3, -0.25) is 14.4 Å². The zero-order valence-corrected chi connectivity index (χ0v) is 51.5. The third-order valence-corrected chi connectivity index (χ3v) is 15.0. The summed E-state index contributed by atoms with van der Waals surface area (Å²) in [4.78, 5) is 38.3. The molecule has 0 aromatic heterocycles. The van der Waals surface area contributed by atoms with E-state index in [9.17, 15) is 14.4 Å². The van der Waals surface area contributed by atoms with Crippen molar-refractivity contribution in [2.24, 2.45) is 0 Å². The first-order valence-electron chi connectivity index (χ1n) is 33.8. The molecule has 0 aliphatic heterocycles. The highest BCUT2D eigenvalue weighted by molar-refractivity contribution is 5.71. The van der Waals surface area contributed by atoms with Gasteiger partial charge in [0.2, 0.25) is 0 Å². The van der Waals surface area contributed by atoms with Gasteiger partial charge in [-0.1, -0.05) is 293 Å². The molecule has 6 nitrogen and oxygen atoms in total. The highest BCUT2D eigenvalue weighted by Crippen LogP contribution is 2.17. The number of carbonyl (C=O) groups is 3. The minimum absolute atomic E-state index is 0.0755. The third-order valence-electron chi connectivity index (χ3n) is 15.0. The standard InChI is InChI=1S/C71H128O6/c1-4-7-10-13-16-19-22-24-26-28-30-31-32-33-34-35-36-37-38-39-41-42-44-46-49-52-55-58-61-64-70(73)76-67-68(66-75-69(72)63-60-57-54-51-48-21-18-15-12-9-6-3)77-71(74)65-62-59-56-53-50-47-45-43-40-29-27-25-23-20-17-14-11-8-5-2/h15,17-18,20,22,24-25,27-28,30,68H,4-14,16,19,21,23,26,29,31-67H2,1-3H3/b18-15-,20-17-,24-22-,27-25-,30-28-. The van der Waals surface area contributed by atoms with Gasteiger partial charge in [0.05, 0.1) is 0 Å². The maximum atomic E-state index is 12.9. The fourth-order valence-electron chi connectivity index (χ4n) is 9.84. The van der Waals surface area contributed by atoms with E-state index in [1.807, 2.05) is 0 Å². The molecule has 6 heteroatoms. The molecule has 0 rings (SSSR count). The van der Waals surface area contributed by atoms with Crippen LogP contribution in [-0.2, 0) is 28.6 Å². The zero-order valence-electron chi connectivity index (χ0n) is 51.5. The average Bonchev–Trinajstić information content (AvgIpc) is 3.43. The van der Waals surface area contributed by atoms with Crippen molar-refractivity contribution in [1.82, 2.24) is 0 Å². The predicted molar refractivity (Wildman–Crippen MR) is 335 cm³/mol. The third kappa shape index (κ3) is 63.8. The van der Waals surface area contributed by atoms with Crippen molar-refractivity contribution < 1.29 is 28.6 Å². The van der Waals surface area contributed by atoms with Crippen LogP contribution in [0.25, 0.3) is 0 Å². The molecule has 0 saturated heterocycles. The summed E-state index contributed by atoms with van der Waals surface area (Å²) in [7, 11) is 0. The largest absolute Gasteiger partial charge is 0.462 e. The summed E-state index contributed by atoms with van der Waals surface area (Å²) < 4.78 is 16.9. The first kappa shape index (κ1) is 74.1. The van der Waals surface area contributed by atoms with Crippen LogP contribution in [-0.4, -0.2) is 37.2 Å². The number of unbranched alkanes of at least 4 members (excludes halogenated alkanes) is 41. The number of esters is 3. The van der Waals surface area contributed by atoms with Gasteiger partial charge >= 0.3 is 17.9 Å². The van der Waals surface area contributed by atoms with Gasteiger partial charge in [0.25, 0.3) is 0 Å². The second-order valence-corrected chi connectivity index (χ2v) is 22.7. The smallest absolute Gasteiger partial charge is 0.306 e. The van der Waals surface area contributed by atoms with Gasteiger partial charge in [0.15, 0.2) is 6.10 Å². The quantitative estimate of drug-likeness (QED) is 0.0261. The van der Waals surface area contributed by atoms with Crippen LogP contribution in [0.4, 0.5) is 0 Å². The monoisotopic (exact) mass is 1080 g/mol.